The van der Waals surface area contributed by atoms with Crippen molar-refractivity contribution in [3.63, 3.8) is 0 Å². The lowest BCUT2D eigenvalue weighted by molar-refractivity contribution is -0.133. The number of nitrogens with two attached hydrogens (primary N) is 1. The second kappa shape index (κ2) is 9.50. The fourth-order valence-electron chi connectivity index (χ4n) is 4.31. The van der Waals surface area contributed by atoms with Crippen molar-refractivity contribution in [1.82, 2.24) is 14.5 Å². The van der Waals surface area contributed by atoms with E-state index in [2.05, 4.69) is 4.98 Å². The number of primary amides is 1. The molecule has 1 aromatic carbocycles. The maximum absolute atomic E-state index is 13.2. The molecule has 0 saturated carbocycles. The molecule has 0 unspecified atom stereocenters. The summed E-state index contributed by atoms with van der Waals surface area (Å²) in [5.41, 5.74) is 7.02. The Kier molecular flexibility index (Phi) is 6.50. The molecule has 0 aliphatic carbocycles. The van der Waals surface area contributed by atoms with E-state index in [1.807, 2.05) is 0 Å². The van der Waals surface area contributed by atoms with E-state index in [0.717, 1.165) is 24.0 Å². The summed E-state index contributed by atoms with van der Waals surface area (Å²) in [6, 6.07) is 7.86. The topological polar surface area (TPSA) is 119 Å². The lowest BCUT2D eigenvalue weighted by Gasteiger charge is -2.27. The minimum Gasteiger partial charge on any atom is -0.392 e. The van der Waals surface area contributed by atoms with Crippen molar-refractivity contribution in [3.8, 4) is 0 Å². The number of carbonyl (C=O) groups excluding carboxylic acids is 2. The summed E-state index contributed by atoms with van der Waals surface area (Å²) in [5.74, 6) is -1.23. The Bertz CT molecular complexity index is 1270. The highest BCUT2D eigenvalue weighted by Crippen LogP contribution is 2.22. The molecule has 0 spiro atoms. The number of rotatable bonds is 7. The summed E-state index contributed by atoms with van der Waals surface area (Å²) in [6.07, 6.45) is 4.29. The second-order valence-corrected chi connectivity index (χ2v) is 8.19. The number of fused-ring (bicyclic) bond motifs is 1. The van der Waals surface area contributed by atoms with Crippen LogP contribution in [-0.2, 0) is 24.4 Å². The number of carbonyl (C=O) groups is 2. The van der Waals surface area contributed by atoms with Crippen LogP contribution in [0.4, 0.5) is 4.39 Å². The molecule has 1 aliphatic rings. The Hall–Kier alpha value is -3.59. The van der Waals surface area contributed by atoms with Crippen molar-refractivity contribution in [1.29, 1.82) is 0 Å². The molecule has 2 aromatic heterocycles. The Morgan fingerprint density at radius 1 is 1.12 bits per heavy atom. The number of piperidine rings is 1. The van der Waals surface area contributed by atoms with Gasteiger partial charge in [0.25, 0.3) is 11.5 Å². The van der Waals surface area contributed by atoms with Gasteiger partial charge in [-0.1, -0.05) is 12.1 Å². The number of benzene rings is 1. The molecule has 3 N–H and O–H groups in total. The largest absolute Gasteiger partial charge is 0.392 e. The summed E-state index contributed by atoms with van der Waals surface area (Å²) in [4.78, 5) is 43.7. The van der Waals surface area contributed by atoms with Gasteiger partial charge in [0, 0.05) is 37.8 Å². The van der Waals surface area contributed by atoms with Crippen molar-refractivity contribution in [3.05, 3.63) is 75.0 Å². The molecule has 9 heteroatoms. The van der Waals surface area contributed by atoms with Gasteiger partial charge < -0.3 is 20.3 Å². The number of hydrogen-bond acceptors (Lipinski definition) is 5. The van der Waals surface area contributed by atoms with E-state index in [-0.39, 0.29) is 29.4 Å². The van der Waals surface area contributed by atoms with E-state index in [1.54, 1.807) is 29.3 Å². The van der Waals surface area contributed by atoms with Crippen molar-refractivity contribution in [2.24, 2.45) is 5.73 Å². The zero-order chi connectivity index (χ0) is 23.5. The predicted molar refractivity (Wildman–Crippen MR) is 120 cm³/mol. The molecular weight excluding hydrogens is 427 g/mol. The summed E-state index contributed by atoms with van der Waals surface area (Å²) >= 11 is 0. The van der Waals surface area contributed by atoms with Gasteiger partial charge in [0.1, 0.15) is 11.4 Å². The summed E-state index contributed by atoms with van der Waals surface area (Å²) in [7, 11) is 0. The van der Waals surface area contributed by atoms with Crippen molar-refractivity contribution < 1.29 is 19.1 Å². The number of aliphatic hydroxyl groups excluding tert-OH is 1. The quantitative estimate of drug-likeness (QED) is 0.566. The van der Waals surface area contributed by atoms with E-state index in [1.165, 1.54) is 16.7 Å². The Balaban J connectivity index is 1.79. The lowest BCUT2D eigenvalue weighted by Crippen LogP contribution is -2.40. The average Bonchev–Trinajstić information content (AvgIpc) is 2.80. The minimum absolute atomic E-state index is 0.0378. The summed E-state index contributed by atoms with van der Waals surface area (Å²) in [5, 5.41) is 9.90. The number of aliphatic hydroxyl groups is 1. The fraction of sp³-hybridized carbons (Fsp3) is 0.333. The molecule has 172 valence electrons. The Morgan fingerprint density at radius 3 is 2.55 bits per heavy atom. The van der Waals surface area contributed by atoms with Crippen LogP contribution in [0.5, 0.6) is 0 Å². The highest BCUT2D eigenvalue weighted by atomic mass is 19.1. The molecule has 4 rings (SSSR count). The molecule has 3 aromatic rings. The number of likely N-dealkylation sites (tertiary alicyclic amines) is 1. The molecule has 3 heterocycles. The maximum atomic E-state index is 13.2. The number of hydrogen-bond donors (Lipinski definition) is 2. The Morgan fingerprint density at radius 2 is 1.88 bits per heavy atom. The predicted octanol–water partition coefficient (Wildman–Crippen LogP) is 1.73. The number of pyridine rings is 2. The van der Waals surface area contributed by atoms with Gasteiger partial charge in [0.2, 0.25) is 5.91 Å². The zero-order valence-corrected chi connectivity index (χ0v) is 18.1. The number of halogens is 1. The van der Waals surface area contributed by atoms with Gasteiger partial charge in [-0.15, -0.1) is 0 Å². The van der Waals surface area contributed by atoms with Gasteiger partial charge >= 0.3 is 0 Å². The van der Waals surface area contributed by atoms with E-state index in [9.17, 15) is 23.9 Å². The molecular formula is C24H25FN4O4. The first-order valence-electron chi connectivity index (χ1n) is 10.9. The van der Waals surface area contributed by atoms with Gasteiger partial charge in [-0.2, -0.15) is 0 Å². The summed E-state index contributed by atoms with van der Waals surface area (Å²) in [6.45, 7) is 0.526. The first-order valence-corrected chi connectivity index (χ1v) is 10.9. The Labute approximate surface area is 189 Å². The summed E-state index contributed by atoms with van der Waals surface area (Å²) < 4.78 is 14.6. The lowest BCUT2D eigenvalue weighted by atomic mass is 10.0. The van der Waals surface area contributed by atoms with E-state index >= 15 is 0 Å². The van der Waals surface area contributed by atoms with Crippen LogP contribution in [0.3, 0.4) is 0 Å². The SMILES string of the molecule is NC(=O)c1c(CO)c2ncc(Cc3ccc(F)cc3)cc2n(CCN2CCCCC2=O)c1=O. The molecule has 33 heavy (non-hydrogen) atoms. The van der Waals surface area contributed by atoms with Crippen LogP contribution in [0.15, 0.2) is 41.3 Å². The third kappa shape index (κ3) is 4.63. The molecule has 0 bridgehead atoms. The molecule has 1 fully saturated rings. The van der Waals surface area contributed by atoms with E-state index in [0.29, 0.717) is 37.0 Å². The van der Waals surface area contributed by atoms with Crippen LogP contribution < -0.4 is 11.3 Å². The normalized spacial score (nSPS) is 14.1. The first-order chi connectivity index (χ1) is 15.9. The molecule has 0 radical (unpaired) electrons. The van der Waals surface area contributed by atoms with Gasteiger partial charge in [-0.3, -0.25) is 19.4 Å². The number of nitrogens with zero attached hydrogens (tertiary/aromatic N) is 3. The standard InChI is InChI=1S/C24H25FN4O4/c25-17-6-4-15(5-7-17)11-16-12-19-22(27-13-16)18(14-30)21(23(26)32)24(33)29(19)10-9-28-8-2-1-3-20(28)31/h4-7,12-13,30H,1-3,8-11,14H2,(H2,26,32). The van der Waals surface area contributed by atoms with Gasteiger partial charge in [-0.05, 0) is 48.6 Å². The first kappa shape index (κ1) is 22.6. The van der Waals surface area contributed by atoms with Crippen LogP contribution in [0.1, 0.15) is 46.3 Å². The molecule has 1 aliphatic heterocycles. The highest BCUT2D eigenvalue weighted by molar-refractivity contribution is 5.98. The molecule has 2 amide bonds. The van der Waals surface area contributed by atoms with E-state index in [4.69, 9.17) is 5.73 Å². The van der Waals surface area contributed by atoms with Gasteiger partial charge in [0.15, 0.2) is 0 Å². The smallest absolute Gasteiger partial charge is 0.264 e. The maximum Gasteiger partial charge on any atom is 0.264 e. The van der Waals surface area contributed by atoms with Crippen LogP contribution in [0, 0.1) is 5.82 Å². The second-order valence-electron chi connectivity index (χ2n) is 8.19. The van der Waals surface area contributed by atoms with Crippen molar-refractivity contribution in [2.75, 3.05) is 13.1 Å². The van der Waals surface area contributed by atoms with Crippen molar-refractivity contribution >= 4 is 22.8 Å². The molecule has 1 saturated heterocycles. The molecule has 0 atom stereocenters. The van der Waals surface area contributed by atoms with Crippen molar-refractivity contribution in [2.45, 2.75) is 38.8 Å². The number of amides is 2. The average molecular weight is 452 g/mol. The third-order valence-electron chi connectivity index (χ3n) is 6.00. The van der Waals surface area contributed by atoms with E-state index < -0.39 is 18.1 Å². The van der Waals surface area contributed by atoms with Gasteiger partial charge in [0.05, 0.1) is 17.6 Å². The van der Waals surface area contributed by atoms with Crippen LogP contribution in [-0.4, -0.2) is 44.5 Å². The van der Waals surface area contributed by atoms with Gasteiger partial charge in [-0.25, -0.2) is 4.39 Å². The third-order valence-corrected chi connectivity index (χ3v) is 6.00. The monoisotopic (exact) mass is 452 g/mol. The van der Waals surface area contributed by atoms with Crippen LogP contribution in [0.25, 0.3) is 11.0 Å². The molecule has 8 nitrogen and oxygen atoms in total. The zero-order valence-electron chi connectivity index (χ0n) is 18.1. The fourth-order valence-corrected chi connectivity index (χ4v) is 4.31. The minimum atomic E-state index is -0.939. The van der Waals surface area contributed by atoms with Crippen LogP contribution in [0.2, 0.25) is 0 Å². The van der Waals surface area contributed by atoms with Crippen LogP contribution >= 0.6 is 0 Å². The number of aromatic nitrogens is 2. The highest BCUT2D eigenvalue weighted by Gasteiger charge is 2.23.